The molecule has 0 atom stereocenters. The average molecular weight is 314 g/mol. The minimum Gasteiger partial charge on any atom is -0.358 e. The molecule has 0 N–H and O–H groups in total. The third-order valence-electron chi connectivity index (χ3n) is 2.69. The number of carbonyl (C=O) groups is 1. The van der Waals surface area contributed by atoms with Gasteiger partial charge in [-0.2, -0.15) is 22.0 Å². The van der Waals surface area contributed by atoms with Gasteiger partial charge in [-0.25, -0.2) is 9.55 Å². The van der Waals surface area contributed by atoms with E-state index in [9.17, 15) is 36.9 Å². The normalized spacial score (nSPS) is 12.5. The number of hydrogen-bond donors (Lipinski definition) is 0. The molecule has 0 amide bonds. The summed E-state index contributed by atoms with van der Waals surface area (Å²) < 4.78 is 61.9. The zero-order chi connectivity index (χ0) is 16.4. The van der Waals surface area contributed by atoms with Crippen molar-refractivity contribution in [2.24, 2.45) is 0 Å². The number of ketones is 1. The first-order valence-corrected chi connectivity index (χ1v) is 5.58. The van der Waals surface area contributed by atoms with E-state index in [0.717, 1.165) is 10.8 Å². The summed E-state index contributed by atoms with van der Waals surface area (Å²) in [6, 6.07) is 0. The Morgan fingerprint density at radius 1 is 1.38 bits per heavy atom. The number of nitrogens with zero attached hydrogens (tertiary/aromatic N) is 3. The molecular formula is C10H10F5N3O3. The lowest BCUT2D eigenvalue weighted by Gasteiger charge is -2.18. The molecule has 21 heavy (non-hydrogen) atoms. The molecule has 1 aromatic rings. The molecular weight excluding hydrogens is 304 g/mol. The van der Waals surface area contributed by atoms with E-state index in [2.05, 4.69) is 4.98 Å². The van der Waals surface area contributed by atoms with E-state index in [1.165, 1.54) is 6.92 Å². The van der Waals surface area contributed by atoms with Gasteiger partial charge in [-0.15, -0.1) is 0 Å². The maximum Gasteiger partial charge on any atom is 0.453 e. The fourth-order valence-electron chi connectivity index (χ4n) is 1.49. The van der Waals surface area contributed by atoms with Crippen molar-refractivity contribution in [3.8, 4) is 0 Å². The quantitative estimate of drug-likeness (QED) is 0.459. The second-order valence-electron chi connectivity index (χ2n) is 4.25. The standard InChI is InChI=1S/C10H10F5N3O3/c1-6-16-4-8(18(20)21)17(6)5-7(19)2-3-9(11,12)10(13,14)15/h4H,2-3,5H2,1H3/i13-1. The van der Waals surface area contributed by atoms with Crippen LogP contribution >= 0.6 is 0 Å². The predicted octanol–water partition coefficient (Wildman–Crippen LogP) is 2.65. The number of carbonyl (C=O) groups excluding carboxylic acids is 1. The largest absolute Gasteiger partial charge is 0.453 e. The number of Topliss-reactive ketones (excluding diaryl/α,β-unsaturated/α-hetero) is 1. The Kier molecular flexibility index (Phi) is 4.64. The topological polar surface area (TPSA) is 78.0 Å². The number of halogens is 5. The minimum absolute atomic E-state index is 0.0811. The molecule has 0 fully saturated rings. The lowest BCUT2D eigenvalue weighted by Crippen LogP contribution is -2.36. The third-order valence-corrected chi connectivity index (χ3v) is 2.69. The maximum absolute atomic E-state index is 12.7. The van der Waals surface area contributed by atoms with Crippen LogP contribution in [-0.2, 0) is 11.3 Å². The molecule has 1 rings (SSSR count). The molecule has 0 aliphatic carbocycles. The van der Waals surface area contributed by atoms with Crippen molar-refractivity contribution in [2.75, 3.05) is 0 Å². The van der Waals surface area contributed by atoms with Crippen LogP contribution in [-0.4, -0.2) is 32.4 Å². The Hall–Kier alpha value is -2.07. The summed E-state index contributed by atoms with van der Waals surface area (Å²) in [4.78, 5) is 24.8. The van der Waals surface area contributed by atoms with Gasteiger partial charge in [0.2, 0.25) is 0 Å². The Labute approximate surface area is 114 Å². The van der Waals surface area contributed by atoms with Gasteiger partial charge in [0.1, 0.15) is 6.20 Å². The highest BCUT2D eigenvalue weighted by Crippen LogP contribution is 2.38. The highest BCUT2D eigenvalue weighted by Gasteiger charge is 2.56. The van der Waals surface area contributed by atoms with Gasteiger partial charge in [-0.05, 0) is 4.92 Å². The molecule has 0 aliphatic heterocycles. The molecule has 0 bridgehead atoms. The monoisotopic (exact) mass is 314 g/mol. The summed E-state index contributed by atoms with van der Waals surface area (Å²) >= 11 is 0. The van der Waals surface area contributed by atoms with Crippen LogP contribution in [0.15, 0.2) is 6.20 Å². The maximum atomic E-state index is 12.7. The summed E-state index contributed by atoms with van der Waals surface area (Å²) in [5.74, 6) is -6.41. The van der Waals surface area contributed by atoms with E-state index in [1.807, 2.05) is 0 Å². The first kappa shape index (κ1) is 17.0. The van der Waals surface area contributed by atoms with E-state index in [-0.39, 0.29) is 5.82 Å². The molecule has 0 radical (unpaired) electrons. The van der Waals surface area contributed by atoms with Crippen molar-refractivity contribution in [1.82, 2.24) is 9.55 Å². The van der Waals surface area contributed by atoms with Crippen molar-refractivity contribution in [1.29, 1.82) is 0 Å². The molecule has 0 aromatic carbocycles. The van der Waals surface area contributed by atoms with Crippen LogP contribution in [0.4, 0.5) is 27.8 Å². The van der Waals surface area contributed by atoms with Crippen molar-refractivity contribution in [2.45, 2.75) is 38.4 Å². The number of alkyl halides is 5. The lowest BCUT2D eigenvalue weighted by molar-refractivity contribution is -0.392. The molecule has 0 aliphatic rings. The van der Waals surface area contributed by atoms with Gasteiger partial charge in [-0.3, -0.25) is 4.79 Å². The Morgan fingerprint density at radius 3 is 2.43 bits per heavy atom. The second-order valence-corrected chi connectivity index (χ2v) is 4.25. The smallest absolute Gasteiger partial charge is 0.358 e. The van der Waals surface area contributed by atoms with Crippen molar-refractivity contribution >= 4 is 11.6 Å². The summed E-state index contributed by atoms with van der Waals surface area (Å²) in [6.45, 7) is 0.653. The molecule has 0 saturated carbocycles. The van der Waals surface area contributed by atoms with Crippen LogP contribution in [0.25, 0.3) is 0 Å². The van der Waals surface area contributed by atoms with Crippen LogP contribution in [0.1, 0.15) is 18.7 Å². The Morgan fingerprint density at radius 2 is 1.95 bits per heavy atom. The summed E-state index contributed by atoms with van der Waals surface area (Å²) in [5, 5.41) is 10.6. The minimum atomic E-state index is -5.73. The van der Waals surface area contributed by atoms with E-state index in [4.69, 9.17) is 0 Å². The Balaban J connectivity index is 2.72. The highest BCUT2D eigenvalue weighted by molar-refractivity contribution is 5.78. The van der Waals surface area contributed by atoms with Crippen LogP contribution in [0.5, 0.6) is 0 Å². The van der Waals surface area contributed by atoms with Gasteiger partial charge < -0.3 is 10.1 Å². The summed E-state index contributed by atoms with van der Waals surface area (Å²) in [5.41, 5.74) is 0. The molecule has 1 heterocycles. The number of rotatable bonds is 6. The lowest BCUT2D eigenvalue weighted by atomic mass is 10.1. The molecule has 0 spiro atoms. The van der Waals surface area contributed by atoms with Gasteiger partial charge in [0.25, 0.3) is 0 Å². The number of aromatic nitrogens is 2. The van der Waals surface area contributed by atoms with Gasteiger partial charge in [0.05, 0.1) is 0 Å². The molecule has 1 aromatic heterocycles. The second kappa shape index (κ2) is 5.74. The molecule has 0 saturated heterocycles. The van der Waals surface area contributed by atoms with E-state index >= 15 is 0 Å². The highest BCUT2D eigenvalue weighted by atomic mass is 19.3. The zero-order valence-electron chi connectivity index (χ0n) is 10.7. The number of nitro groups is 1. The van der Waals surface area contributed by atoms with Crippen LogP contribution in [0.2, 0.25) is 0 Å². The van der Waals surface area contributed by atoms with Crippen LogP contribution < -0.4 is 0 Å². The van der Waals surface area contributed by atoms with E-state index in [0.29, 0.717) is 0 Å². The van der Waals surface area contributed by atoms with E-state index in [1.54, 1.807) is 0 Å². The number of aryl methyl sites for hydroxylation is 1. The zero-order valence-corrected chi connectivity index (χ0v) is 10.7. The fraction of sp³-hybridized carbons (Fsp3) is 0.600. The summed E-state index contributed by atoms with van der Waals surface area (Å²) in [6.07, 6.45) is -7.62. The SMILES string of the molecule is Cc1ncc([N+](=O)[O-])n1CC(=O)CCC(F)(F)C(F)(F)[18F]. The molecule has 11 heteroatoms. The number of imidazole rings is 1. The first-order valence-electron chi connectivity index (χ1n) is 5.58. The van der Waals surface area contributed by atoms with Gasteiger partial charge in [0, 0.05) is 19.8 Å². The molecule has 6 nitrogen and oxygen atoms in total. The fourth-order valence-corrected chi connectivity index (χ4v) is 1.49. The summed E-state index contributed by atoms with van der Waals surface area (Å²) in [7, 11) is 0. The predicted molar refractivity (Wildman–Crippen MR) is 58.9 cm³/mol. The number of hydrogen-bond acceptors (Lipinski definition) is 4. The van der Waals surface area contributed by atoms with Crippen molar-refractivity contribution < 1.29 is 31.7 Å². The van der Waals surface area contributed by atoms with Crippen molar-refractivity contribution in [3.05, 3.63) is 22.1 Å². The Bertz CT molecular complexity index is 553. The average Bonchev–Trinajstić information content (AvgIpc) is 2.67. The molecule has 118 valence electrons. The van der Waals surface area contributed by atoms with Gasteiger partial charge >= 0.3 is 17.9 Å². The third kappa shape index (κ3) is 3.95. The van der Waals surface area contributed by atoms with Crippen LogP contribution in [0, 0.1) is 17.0 Å². The van der Waals surface area contributed by atoms with Gasteiger partial charge in [0.15, 0.2) is 18.2 Å². The van der Waals surface area contributed by atoms with Crippen LogP contribution in [0.3, 0.4) is 0 Å². The van der Waals surface area contributed by atoms with E-state index < -0.39 is 48.0 Å². The molecule has 0 unspecified atom stereocenters. The first-order chi connectivity index (χ1) is 9.45. The van der Waals surface area contributed by atoms with Gasteiger partial charge in [-0.1, -0.05) is 0 Å². The van der Waals surface area contributed by atoms with Crippen molar-refractivity contribution in [3.63, 3.8) is 0 Å².